The topological polar surface area (TPSA) is 79.8 Å². The molecule has 4 rings (SSSR count). The number of pyridine rings is 1. The van der Waals surface area contributed by atoms with E-state index in [1.54, 1.807) is 41.6 Å². The molecule has 3 aromatic rings. The lowest BCUT2D eigenvalue weighted by molar-refractivity contribution is -0.122. The number of hydrogen-bond donors (Lipinski definition) is 1. The maximum absolute atomic E-state index is 13.4. The Balaban J connectivity index is 1.39. The molecule has 1 fully saturated rings. The minimum atomic E-state index is -0.252. The zero-order valence-electron chi connectivity index (χ0n) is 22.0. The van der Waals surface area contributed by atoms with Crippen molar-refractivity contribution in [2.75, 3.05) is 11.9 Å². The summed E-state index contributed by atoms with van der Waals surface area (Å²) < 4.78 is 7.43. The van der Waals surface area contributed by atoms with E-state index in [1.165, 1.54) is 67.5 Å². The first-order chi connectivity index (χ1) is 18.6. The highest BCUT2D eigenvalue weighted by atomic mass is 32.2. The van der Waals surface area contributed by atoms with Gasteiger partial charge in [-0.05, 0) is 36.8 Å². The number of rotatable bonds is 15. The van der Waals surface area contributed by atoms with E-state index >= 15 is 0 Å². The molecule has 7 nitrogen and oxygen atoms in total. The first-order valence-corrected chi connectivity index (χ1v) is 14.8. The average Bonchev–Trinajstić information content (AvgIpc) is 3.54. The zero-order chi connectivity index (χ0) is 26.7. The average molecular weight is 553 g/mol. The van der Waals surface area contributed by atoms with Crippen molar-refractivity contribution in [3.05, 3.63) is 69.4 Å². The molecule has 202 valence electrons. The third kappa shape index (κ3) is 7.35. The molecule has 9 heteroatoms. The van der Waals surface area contributed by atoms with Gasteiger partial charge in [-0.15, -0.1) is 0 Å². The number of thioether (sulfide) groups is 1. The van der Waals surface area contributed by atoms with E-state index in [9.17, 15) is 9.59 Å². The lowest BCUT2D eigenvalue weighted by Gasteiger charge is -2.14. The number of thiocarbonyl (C=S) groups is 1. The van der Waals surface area contributed by atoms with Gasteiger partial charge in [-0.25, -0.2) is 4.98 Å². The molecule has 1 saturated heterocycles. The van der Waals surface area contributed by atoms with Crippen LogP contribution in [0.15, 0.2) is 56.9 Å². The molecule has 4 heterocycles. The van der Waals surface area contributed by atoms with Gasteiger partial charge in [0.2, 0.25) is 0 Å². The maximum Gasteiger partial charge on any atom is 0.267 e. The van der Waals surface area contributed by atoms with Gasteiger partial charge < -0.3 is 9.73 Å². The van der Waals surface area contributed by atoms with Crippen LogP contribution in [0.4, 0.5) is 5.82 Å². The fraction of sp³-hybridized carbons (Fsp3) is 0.448. The number of nitrogens with zero attached hydrogens (tertiary/aromatic N) is 3. The fourth-order valence-corrected chi connectivity index (χ4v) is 5.82. The molecule has 0 radical (unpaired) electrons. The number of furan rings is 1. The minimum Gasteiger partial charge on any atom is -0.467 e. The number of aromatic nitrogens is 2. The highest BCUT2D eigenvalue weighted by molar-refractivity contribution is 8.26. The molecule has 0 bridgehead atoms. The summed E-state index contributed by atoms with van der Waals surface area (Å²) in [6.45, 7) is 3.22. The molecule has 1 aliphatic heterocycles. The Morgan fingerprint density at radius 1 is 1.00 bits per heavy atom. The highest BCUT2D eigenvalue weighted by Crippen LogP contribution is 2.33. The van der Waals surface area contributed by atoms with Crippen molar-refractivity contribution in [3.8, 4) is 0 Å². The first kappa shape index (κ1) is 28.1. The summed E-state index contributed by atoms with van der Waals surface area (Å²) in [4.78, 5) is 33.4. The molecule has 0 atom stereocenters. The third-order valence-corrected chi connectivity index (χ3v) is 8.04. The normalized spacial score (nSPS) is 14.8. The van der Waals surface area contributed by atoms with E-state index in [1.807, 2.05) is 12.1 Å². The minimum absolute atomic E-state index is 0.148. The Hall–Kier alpha value is -2.91. The Kier molecular flexibility index (Phi) is 10.6. The van der Waals surface area contributed by atoms with Crippen molar-refractivity contribution >= 4 is 51.7 Å². The summed E-state index contributed by atoms with van der Waals surface area (Å²) in [7, 11) is 0. The van der Waals surface area contributed by atoms with E-state index in [-0.39, 0.29) is 11.5 Å². The molecule has 0 spiro atoms. The van der Waals surface area contributed by atoms with E-state index < -0.39 is 0 Å². The molecular weight excluding hydrogens is 516 g/mol. The summed E-state index contributed by atoms with van der Waals surface area (Å²) in [6.07, 6.45) is 17.3. The van der Waals surface area contributed by atoms with Crippen LogP contribution in [0.5, 0.6) is 0 Å². The Morgan fingerprint density at radius 3 is 2.45 bits per heavy atom. The van der Waals surface area contributed by atoms with Crippen molar-refractivity contribution in [3.63, 3.8) is 0 Å². The summed E-state index contributed by atoms with van der Waals surface area (Å²) in [5, 5.41) is 3.20. The largest absolute Gasteiger partial charge is 0.467 e. The Labute approximate surface area is 233 Å². The third-order valence-electron chi connectivity index (χ3n) is 6.66. The van der Waals surface area contributed by atoms with Gasteiger partial charge in [0.25, 0.3) is 11.5 Å². The molecular formula is C29H36N4O3S2. The van der Waals surface area contributed by atoms with Gasteiger partial charge >= 0.3 is 0 Å². The Bertz CT molecular complexity index is 1320. The molecule has 3 aromatic heterocycles. The van der Waals surface area contributed by atoms with Gasteiger partial charge in [0, 0.05) is 12.7 Å². The fourth-order valence-electron chi connectivity index (χ4n) is 4.53. The lowest BCUT2D eigenvalue weighted by Crippen LogP contribution is -2.29. The van der Waals surface area contributed by atoms with Gasteiger partial charge in [-0.1, -0.05) is 94.8 Å². The van der Waals surface area contributed by atoms with Crippen molar-refractivity contribution in [2.24, 2.45) is 0 Å². The van der Waals surface area contributed by atoms with Crippen molar-refractivity contribution in [1.82, 2.24) is 14.3 Å². The van der Waals surface area contributed by atoms with Crippen LogP contribution >= 0.6 is 24.0 Å². The monoisotopic (exact) mass is 552 g/mol. The summed E-state index contributed by atoms with van der Waals surface area (Å²) in [5.74, 6) is 0.969. The quantitative estimate of drug-likeness (QED) is 0.123. The van der Waals surface area contributed by atoms with Crippen LogP contribution in [0.2, 0.25) is 0 Å². The lowest BCUT2D eigenvalue weighted by atomic mass is 10.1. The standard InChI is InChI=1S/C29H36N4O3S2/c1-2-3-4-5-6-7-8-9-10-12-18-33-28(35)24(38-29(33)37)20-23-26(30-21-22-15-14-19-36-22)31-25-16-11-13-17-32(25)27(23)34/h11,13-17,19-20,30H,2-10,12,18,21H2,1H3/b24-20+. The van der Waals surface area contributed by atoms with Crippen molar-refractivity contribution in [1.29, 1.82) is 0 Å². The molecule has 0 unspecified atom stereocenters. The number of nitrogens with one attached hydrogen (secondary N) is 1. The molecule has 38 heavy (non-hydrogen) atoms. The summed E-state index contributed by atoms with van der Waals surface area (Å²) in [5.41, 5.74) is 0.585. The number of anilines is 1. The molecule has 1 N–H and O–H groups in total. The van der Waals surface area contributed by atoms with E-state index in [4.69, 9.17) is 16.6 Å². The number of hydrogen-bond acceptors (Lipinski definition) is 7. The summed E-state index contributed by atoms with van der Waals surface area (Å²) >= 11 is 6.77. The van der Waals surface area contributed by atoms with Crippen LogP contribution in [-0.4, -0.2) is 31.1 Å². The number of fused-ring (bicyclic) bond motifs is 1. The predicted molar refractivity (Wildman–Crippen MR) is 159 cm³/mol. The van der Waals surface area contributed by atoms with Gasteiger partial charge in [-0.2, -0.15) is 0 Å². The van der Waals surface area contributed by atoms with E-state index in [2.05, 4.69) is 17.2 Å². The van der Waals surface area contributed by atoms with Crippen LogP contribution in [-0.2, 0) is 11.3 Å². The Morgan fingerprint density at radius 2 is 1.74 bits per heavy atom. The van der Waals surface area contributed by atoms with E-state index in [0.717, 1.165) is 12.8 Å². The molecule has 1 amide bonds. The van der Waals surface area contributed by atoms with Crippen molar-refractivity contribution in [2.45, 2.75) is 77.7 Å². The van der Waals surface area contributed by atoms with Crippen LogP contribution in [0.1, 0.15) is 82.5 Å². The second-order valence-corrected chi connectivity index (χ2v) is 11.2. The van der Waals surface area contributed by atoms with Gasteiger partial charge in [0.1, 0.15) is 21.5 Å². The first-order valence-electron chi connectivity index (χ1n) is 13.6. The number of unbranched alkanes of at least 4 members (excludes halogenated alkanes) is 9. The molecule has 0 aliphatic carbocycles. The smallest absolute Gasteiger partial charge is 0.267 e. The van der Waals surface area contributed by atoms with Gasteiger partial charge in [0.05, 0.1) is 23.3 Å². The number of carbonyl (C=O) groups excluding carboxylic acids is 1. The molecule has 0 saturated carbocycles. The number of carbonyl (C=O) groups is 1. The number of amides is 1. The van der Waals surface area contributed by atoms with Crippen LogP contribution in [0.3, 0.4) is 0 Å². The van der Waals surface area contributed by atoms with Crippen molar-refractivity contribution < 1.29 is 9.21 Å². The van der Waals surface area contributed by atoms with Crippen LogP contribution < -0.4 is 10.9 Å². The molecule has 0 aromatic carbocycles. The second kappa shape index (κ2) is 14.3. The predicted octanol–water partition coefficient (Wildman–Crippen LogP) is 7.02. The molecule has 1 aliphatic rings. The highest BCUT2D eigenvalue weighted by Gasteiger charge is 2.32. The maximum atomic E-state index is 13.4. The summed E-state index contributed by atoms with van der Waals surface area (Å²) in [6, 6.07) is 9.04. The SMILES string of the molecule is CCCCCCCCCCCCN1C(=O)/C(=C\c2c(NCc3ccco3)nc3ccccn3c2=O)SC1=S. The van der Waals surface area contributed by atoms with Gasteiger partial charge in [-0.3, -0.25) is 18.9 Å². The van der Waals surface area contributed by atoms with Crippen LogP contribution in [0, 0.1) is 0 Å². The van der Waals surface area contributed by atoms with Crippen LogP contribution in [0.25, 0.3) is 11.7 Å². The van der Waals surface area contributed by atoms with Gasteiger partial charge in [0.15, 0.2) is 0 Å². The zero-order valence-corrected chi connectivity index (χ0v) is 23.6. The second-order valence-electron chi connectivity index (χ2n) is 9.56. The van der Waals surface area contributed by atoms with E-state index in [0.29, 0.717) is 45.1 Å².